The van der Waals surface area contributed by atoms with Crippen molar-refractivity contribution in [1.29, 1.82) is 0 Å². The van der Waals surface area contributed by atoms with E-state index in [1.807, 2.05) is 4.90 Å². The minimum absolute atomic E-state index is 0.215. The third-order valence-electron chi connectivity index (χ3n) is 3.95. The topological polar surface area (TPSA) is 32.3 Å². The van der Waals surface area contributed by atoms with Crippen LogP contribution in [0.15, 0.2) is 18.2 Å². The number of nitrogens with zero attached hydrogens (tertiary/aromatic N) is 1. The molecule has 1 saturated heterocycles. The summed E-state index contributed by atoms with van der Waals surface area (Å²) in [6, 6.07) is 6.26. The summed E-state index contributed by atoms with van der Waals surface area (Å²) in [6.45, 7) is 8.64. The number of aryl methyl sites for hydroxylation is 2. The molecule has 1 aromatic rings. The molecule has 2 rings (SSSR count). The summed E-state index contributed by atoms with van der Waals surface area (Å²) in [4.78, 5) is 14.1. The molecule has 19 heavy (non-hydrogen) atoms. The van der Waals surface area contributed by atoms with Gasteiger partial charge >= 0.3 is 0 Å². The van der Waals surface area contributed by atoms with Crippen LogP contribution in [0, 0.1) is 19.8 Å². The molecular formula is C16H24N2O. The SMILES string of the molecule is Cc1ccc(NCC(=O)N2CCC(C)CC2)c(C)c1. The second-order valence-electron chi connectivity index (χ2n) is 5.74. The van der Waals surface area contributed by atoms with Crippen molar-refractivity contribution < 1.29 is 4.79 Å². The molecule has 1 aromatic carbocycles. The van der Waals surface area contributed by atoms with Crippen LogP contribution in [0.3, 0.4) is 0 Å². The highest BCUT2D eigenvalue weighted by Gasteiger charge is 2.19. The average molecular weight is 260 g/mol. The molecule has 0 aromatic heterocycles. The van der Waals surface area contributed by atoms with Crippen molar-refractivity contribution in [2.24, 2.45) is 5.92 Å². The lowest BCUT2D eigenvalue weighted by molar-refractivity contribution is -0.130. The molecule has 1 fully saturated rings. The van der Waals surface area contributed by atoms with Crippen molar-refractivity contribution in [2.75, 3.05) is 25.0 Å². The maximum Gasteiger partial charge on any atom is 0.241 e. The molecule has 1 aliphatic heterocycles. The maximum atomic E-state index is 12.1. The highest BCUT2D eigenvalue weighted by Crippen LogP contribution is 2.18. The molecule has 3 nitrogen and oxygen atoms in total. The summed E-state index contributed by atoms with van der Waals surface area (Å²) < 4.78 is 0. The van der Waals surface area contributed by atoms with Gasteiger partial charge in [-0.15, -0.1) is 0 Å². The standard InChI is InChI=1S/C16H24N2O/c1-12-6-8-18(9-7-12)16(19)11-17-15-5-4-13(2)10-14(15)3/h4-5,10,12,17H,6-9,11H2,1-3H3. The number of likely N-dealkylation sites (tertiary alicyclic amines) is 1. The maximum absolute atomic E-state index is 12.1. The lowest BCUT2D eigenvalue weighted by atomic mass is 9.99. The van der Waals surface area contributed by atoms with Crippen molar-refractivity contribution in [3.8, 4) is 0 Å². The molecule has 3 heteroatoms. The molecule has 104 valence electrons. The Balaban J connectivity index is 1.86. The second kappa shape index (κ2) is 6.09. The molecule has 0 bridgehead atoms. The number of amides is 1. The van der Waals surface area contributed by atoms with E-state index in [1.54, 1.807) is 0 Å². The zero-order chi connectivity index (χ0) is 13.8. The minimum Gasteiger partial charge on any atom is -0.376 e. The molecule has 0 radical (unpaired) electrons. The van der Waals surface area contributed by atoms with Gasteiger partial charge in [0.25, 0.3) is 0 Å². The lowest BCUT2D eigenvalue weighted by Gasteiger charge is -2.30. The van der Waals surface area contributed by atoms with E-state index in [0.29, 0.717) is 6.54 Å². The molecule has 1 N–H and O–H groups in total. The Morgan fingerprint density at radius 1 is 1.32 bits per heavy atom. The normalized spacial score (nSPS) is 16.5. The fraction of sp³-hybridized carbons (Fsp3) is 0.562. The molecular weight excluding hydrogens is 236 g/mol. The average Bonchev–Trinajstić information content (AvgIpc) is 2.38. The number of hydrogen-bond donors (Lipinski definition) is 1. The summed E-state index contributed by atoms with van der Waals surface area (Å²) in [7, 11) is 0. The van der Waals surface area contributed by atoms with E-state index in [4.69, 9.17) is 0 Å². The predicted octanol–water partition coefficient (Wildman–Crippen LogP) is 2.97. The summed E-state index contributed by atoms with van der Waals surface area (Å²) in [5.41, 5.74) is 3.50. The zero-order valence-corrected chi connectivity index (χ0v) is 12.2. The third-order valence-corrected chi connectivity index (χ3v) is 3.95. The number of carbonyl (C=O) groups excluding carboxylic acids is 1. The first kappa shape index (κ1) is 13.9. The Morgan fingerprint density at radius 2 is 2.00 bits per heavy atom. The van der Waals surface area contributed by atoms with Crippen molar-refractivity contribution in [1.82, 2.24) is 4.90 Å². The van der Waals surface area contributed by atoms with Gasteiger partial charge in [0.1, 0.15) is 0 Å². The molecule has 1 heterocycles. The predicted molar refractivity (Wildman–Crippen MR) is 79.4 cm³/mol. The van der Waals surface area contributed by atoms with Gasteiger partial charge in [0.2, 0.25) is 5.91 Å². The van der Waals surface area contributed by atoms with Gasteiger partial charge in [0, 0.05) is 18.8 Å². The van der Waals surface area contributed by atoms with Crippen molar-refractivity contribution in [3.05, 3.63) is 29.3 Å². The van der Waals surface area contributed by atoms with Crippen molar-refractivity contribution in [2.45, 2.75) is 33.6 Å². The summed E-state index contributed by atoms with van der Waals surface area (Å²) >= 11 is 0. The van der Waals surface area contributed by atoms with Gasteiger partial charge in [-0.3, -0.25) is 4.79 Å². The summed E-state index contributed by atoms with van der Waals surface area (Å²) in [6.07, 6.45) is 2.27. The Kier molecular flexibility index (Phi) is 4.46. The van der Waals surface area contributed by atoms with Gasteiger partial charge in [0.05, 0.1) is 6.54 Å². The highest BCUT2D eigenvalue weighted by atomic mass is 16.2. The fourth-order valence-electron chi connectivity index (χ4n) is 2.55. The third kappa shape index (κ3) is 3.72. The molecule has 0 spiro atoms. The van der Waals surface area contributed by atoms with Crippen LogP contribution < -0.4 is 5.32 Å². The molecule has 0 unspecified atom stereocenters. The monoisotopic (exact) mass is 260 g/mol. The number of carbonyl (C=O) groups is 1. The number of nitrogens with one attached hydrogen (secondary N) is 1. The molecule has 1 aliphatic rings. The molecule has 0 atom stereocenters. The summed E-state index contributed by atoms with van der Waals surface area (Å²) in [5, 5.41) is 3.26. The van der Waals surface area contributed by atoms with Gasteiger partial charge in [0.15, 0.2) is 0 Å². The first-order valence-electron chi connectivity index (χ1n) is 7.15. The van der Waals surface area contributed by atoms with E-state index in [1.165, 1.54) is 11.1 Å². The number of hydrogen-bond acceptors (Lipinski definition) is 2. The van der Waals surface area contributed by atoms with E-state index >= 15 is 0 Å². The van der Waals surface area contributed by atoms with Crippen molar-refractivity contribution in [3.63, 3.8) is 0 Å². The van der Waals surface area contributed by atoms with Gasteiger partial charge in [-0.05, 0) is 44.2 Å². The number of piperidine rings is 1. The number of anilines is 1. The van der Waals surface area contributed by atoms with E-state index in [-0.39, 0.29) is 5.91 Å². The molecule has 0 aliphatic carbocycles. The quantitative estimate of drug-likeness (QED) is 0.906. The number of benzene rings is 1. The summed E-state index contributed by atoms with van der Waals surface area (Å²) in [5.74, 6) is 0.975. The minimum atomic E-state index is 0.215. The van der Waals surface area contributed by atoms with E-state index in [2.05, 4.69) is 44.3 Å². The van der Waals surface area contributed by atoms with Crippen LogP contribution in [-0.4, -0.2) is 30.4 Å². The van der Waals surface area contributed by atoms with E-state index < -0.39 is 0 Å². The first-order chi connectivity index (χ1) is 9.06. The highest BCUT2D eigenvalue weighted by molar-refractivity contribution is 5.81. The fourth-order valence-corrected chi connectivity index (χ4v) is 2.55. The Morgan fingerprint density at radius 3 is 2.63 bits per heavy atom. The van der Waals surface area contributed by atoms with Crippen molar-refractivity contribution >= 4 is 11.6 Å². The smallest absolute Gasteiger partial charge is 0.241 e. The van der Waals surface area contributed by atoms with Gasteiger partial charge in [-0.25, -0.2) is 0 Å². The van der Waals surface area contributed by atoms with E-state index in [9.17, 15) is 4.79 Å². The van der Waals surface area contributed by atoms with E-state index in [0.717, 1.165) is 37.5 Å². The molecule has 0 saturated carbocycles. The first-order valence-corrected chi connectivity index (χ1v) is 7.15. The van der Waals surface area contributed by atoms with Gasteiger partial charge in [-0.1, -0.05) is 24.6 Å². The van der Waals surface area contributed by atoms with Crippen LogP contribution >= 0.6 is 0 Å². The van der Waals surface area contributed by atoms with Gasteiger partial charge < -0.3 is 10.2 Å². The Bertz CT molecular complexity index is 448. The zero-order valence-electron chi connectivity index (χ0n) is 12.2. The molecule has 1 amide bonds. The largest absolute Gasteiger partial charge is 0.376 e. The Labute approximate surface area is 116 Å². The van der Waals surface area contributed by atoms with Gasteiger partial charge in [-0.2, -0.15) is 0 Å². The second-order valence-corrected chi connectivity index (χ2v) is 5.74. The Hall–Kier alpha value is -1.51. The van der Waals surface area contributed by atoms with Crippen LogP contribution in [0.5, 0.6) is 0 Å². The van der Waals surface area contributed by atoms with Crippen LogP contribution in [0.4, 0.5) is 5.69 Å². The van der Waals surface area contributed by atoms with Crippen LogP contribution in [0.2, 0.25) is 0 Å². The van der Waals surface area contributed by atoms with Crippen LogP contribution in [0.1, 0.15) is 30.9 Å². The van der Waals surface area contributed by atoms with Crippen LogP contribution in [-0.2, 0) is 4.79 Å². The lowest BCUT2D eigenvalue weighted by Crippen LogP contribution is -2.40. The van der Waals surface area contributed by atoms with Crippen LogP contribution in [0.25, 0.3) is 0 Å². The number of rotatable bonds is 3.